The van der Waals surface area contributed by atoms with Crippen molar-refractivity contribution >= 4 is 16.6 Å². The van der Waals surface area contributed by atoms with Gasteiger partial charge in [-0.05, 0) is 40.3 Å². The molecule has 28 heavy (non-hydrogen) atoms. The number of rotatable bonds is 1. The van der Waals surface area contributed by atoms with E-state index in [9.17, 15) is 4.79 Å². The first-order valence-electron chi connectivity index (χ1n) is 9.96. The van der Waals surface area contributed by atoms with E-state index in [1.54, 1.807) is 0 Å². The lowest BCUT2D eigenvalue weighted by atomic mass is 9.69. The Morgan fingerprint density at radius 1 is 0.929 bits per heavy atom. The van der Waals surface area contributed by atoms with Gasteiger partial charge in [-0.15, -0.1) is 0 Å². The second-order valence-electron chi connectivity index (χ2n) is 8.87. The van der Waals surface area contributed by atoms with E-state index in [0.29, 0.717) is 6.42 Å². The number of hydrogen-bond donors (Lipinski definition) is 0. The monoisotopic (exact) mass is 368 g/mol. The number of aryl methyl sites for hydroxylation is 1. The van der Waals surface area contributed by atoms with Gasteiger partial charge in [0.2, 0.25) is 0 Å². The molecular formula is C26H24O2. The van der Waals surface area contributed by atoms with Crippen molar-refractivity contribution in [1.82, 2.24) is 0 Å². The standard InChI is InChI=1S/C26H24O2/c1-16-8-4-6-10-18(16)24-23-19-11-7-5-9-17(19)12-13-21(23)28-22-15-26(2,3)14-20(27)25(22)24/h4-13,24H,14-15H2,1-3H3. The van der Waals surface area contributed by atoms with Gasteiger partial charge in [-0.3, -0.25) is 4.79 Å². The van der Waals surface area contributed by atoms with Gasteiger partial charge in [0.25, 0.3) is 0 Å². The maximum atomic E-state index is 13.3. The topological polar surface area (TPSA) is 26.3 Å². The van der Waals surface area contributed by atoms with Gasteiger partial charge in [-0.2, -0.15) is 0 Å². The Morgan fingerprint density at radius 3 is 2.50 bits per heavy atom. The summed E-state index contributed by atoms with van der Waals surface area (Å²) in [6.07, 6.45) is 1.36. The first-order valence-corrected chi connectivity index (χ1v) is 9.96. The summed E-state index contributed by atoms with van der Waals surface area (Å²) in [4.78, 5) is 13.3. The highest BCUT2D eigenvalue weighted by molar-refractivity contribution is 6.02. The molecule has 0 amide bonds. The summed E-state index contributed by atoms with van der Waals surface area (Å²) in [5, 5.41) is 2.34. The first kappa shape index (κ1) is 17.2. The Labute approximate surface area is 165 Å². The van der Waals surface area contributed by atoms with Gasteiger partial charge in [0.15, 0.2) is 5.78 Å². The number of fused-ring (bicyclic) bond motifs is 3. The molecule has 1 atom stereocenters. The van der Waals surface area contributed by atoms with Crippen LogP contribution < -0.4 is 4.74 Å². The second kappa shape index (κ2) is 6.07. The van der Waals surface area contributed by atoms with Crippen molar-refractivity contribution in [3.8, 4) is 5.75 Å². The lowest BCUT2D eigenvalue weighted by Gasteiger charge is -2.39. The fraction of sp³-hybridized carbons (Fsp3) is 0.269. The molecule has 2 heteroatoms. The van der Waals surface area contributed by atoms with E-state index < -0.39 is 0 Å². The molecular weight excluding hydrogens is 344 g/mol. The minimum atomic E-state index is -0.0744. The second-order valence-corrected chi connectivity index (χ2v) is 8.87. The number of hydrogen-bond acceptors (Lipinski definition) is 2. The van der Waals surface area contributed by atoms with Gasteiger partial charge < -0.3 is 4.74 Å². The van der Waals surface area contributed by atoms with E-state index in [-0.39, 0.29) is 17.1 Å². The highest BCUT2D eigenvalue weighted by atomic mass is 16.5. The van der Waals surface area contributed by atoms with Crippen LogP contribution in [0.15, 0.2) is 72.0 Å². The molecule has 1 aliphatic carbocycles. The SMILES string of the molecule is Cc1ccccc1C1C2=C(CC(C)(C)CC2=O)Oc2ccc3ccccc3c21. The van der Waals surface area contributed by atoms with Gasteiger partial charge in [-0.25, -0.2) is 0 Å². The Balaban J connectivity index is 1.84. The number of allylic oxidation sites excluding steroid dienone is 2. The maximum Gasteiger partial charge on any atom is 0.163 e. The first-order chi connectivity index (χ1) is 13.4. The zero-order valence-electron chi connectivity index (χ0n) is 16.6. The van der Waals surface area contributed by atoms with E-state index in [1.807, 2.05) is 0 Å². The van der Waals surface area contributed by atoms with Gasteiger partial charge in [0.1, 0.15) is 11.5 Å². The molecule has 3 aromatic carbocycles. The Morgan fingerprint density at radius 2 is 1.68 bits per heavy atom. The molecule has 3 aromatic rings. The fourth-order valence-electron chi connectivity index (χ4n) is 4.85. The zero-order chi connectivity index (χ0) is 19.5. The third kappa shape index (κ3) is 2.59. The Bertz CT molecular complexity index is 1150. The van der Waals surface area contributed by atoms with Gasteiger partial charge in [-0.1, -0.05) is 68.4 Å². The summed E-state index contributed by atoms with van der Waals surface area (Å²) in [7, 11) is 0. The van der Waals surface area contributed by atoms with Crippen molar-refractivity contribution in [3.05, 3.63) is 88.7 Å². The fourth-order valence-corrected chi connectivity index (χ4v) is 4.85. The van der Waals surface area contributed by atoms with E-state index in [0.717, 1.165) is 34.5 Å². The third-order valence-corrected chi connectivity index (χ3v) is 6.12. The zero-order valence-corrected chi connectivity index (χ0v) is 16.6. The number of carbonyl (C=O) groups is 1. The highest BCUT2D eigenvalue weighted by Crippen LogP contribution is 2.52. The van der Waals surface area contributed by atoms with Crippen molar-refractivity contribution in [3.63, 3.8) is 0 Å². The summed E-state index contributed by atoms with van der Waals surface area (Å²) < 4.78 is 6.40. The highest BCUT2D eigenvalue weighted by Gasteiger charge is 2.42. The maximum absolute atomic E-state index is 13.3. The molecule has 0 spiro atoms. The van der Waals surface area contributed by atoms with E-state index in [2.05, 4.69) is 81.4 Å². The largest absolute Gasteiger partial charge is 0.461 e. The molecule has 0 radical (unpaired) electrons. The average Bonchev–Trinajstić information content (AvgIpc) is 2.65. The number of carbonyl (C=O) groups excluding carboxylic acids is 1. The smallest absolute Gasteiger partial charge is 0.163 e. The third-order valence-electron chi connectivity index (χ3n) is 6.12. The summed E-state index contributed by atoms with van der Waals surface area (Å²) in [5.41, 5.74) is 4.32. The molecule has 1 heterocycles. The molecule has 0 aromatic heterocycles. The number of Topliss-reactive ketones (excluding diaryl/α,β-unsaturated/α-hetero) is 1. The van der Waals surface area contributed by atoms with E-state index >= 15 is 0 Å². The molecule has 1 unspecified atom stereocenters. The summed E-state index contributed by atoms with van der Waals surface area (Å²) in [6, 6.07) is 21.0. The normalized spacial score (nSPS) is 20.5. The van der Waals surface area contributed by atoms with Crippen LogP contribution in [0.25, 0.3) is 10.8 Å². The lowest BCUT2D eigenvalue weighted by molar-refractivity contribution is -0.118. The minimum Gasteiger partial charge on any atom is -0.461 e. The predicted molar refractivity (Wildman–Crippen MR) is 113 cm³/mol. The van der Waals surface area contributed by atoms with Gasteiger partial charge >= 0.3 is 0 Å². The Kier molecular flexibility index (Phi) is 3.74. The number of ketones is 1. The number of ether oxygens (including phenoxy) is 1. The minimum absolute atomic E-state index is 0.0689. The predicted octanol–water partition coefficient (Wildman–Crippen LogP) is 6.32. The molecule has 2 nitrogen and oxygen atoms in total. The molecule has 2 aliphatic rings. The quantitative estimate of drug-likeness (QED) is 0.503. The van der Waals surface area contributed by atoms with E-state index in [4.69, 9.17) is 4.74 Å². The molecule has 0 bridgehead atoms. The molecule has 5 rings (SSSR count). The molecule has 0 saturated carbocycles. The van der Waals surface area contributed by atoms with Crippen molar-refractivity contribution in [2.45, 2.75) is 39.5 Å². The van der Waals surface area contributed by atoms with Crippen LogP contribution in [0.3, 0.4) is 0 Å². The van der Waals surface area contributed by atoms with Crippen LogP contribution in [0.1, 0.15) is 49.3 Å². The molecule has 0 saturated heterocycles. The van der Waals surface area contributed by atoms with Gasteiger partial charge in [0.05, 0.1) is 0 Å². The molecule has 140 valence electrons. The van der Waals surface area contributed by atoms with Crippen LogP contribution in [0.2, 0.25) is 0 Å². The van der Waals surface area contributed by atoms with Crippen LogP contribution >= 0.6 is 0 Å². The summed E-state index contributed by atoms with van der Waals surface area (Å²) in [5.74, 6) is 1.89. The summed E-state index contributed by atoms with van der Waals surface area (Å²) >= 11 is 0. The van der Waals surface area contributed by atoms with E-state index in [1.165, 1.54) is 16.5 Å². The van der Waals surface area contributed by atoms with Crippen molar-refractivity contribution in [2.75, 3.05) is 0 Å². The van der Waals surface area contributed by atoms with Crippen LogP contribution in [0, 0.1) is 12.3 Å². The average molecular weight is 368 g/mol. The number of benzene rings is 3. The Hall–Kier alpha value is -2.87. The van der Waals surface area contributed by atoms with Crippen molar-refractivity contribution < 1.29 is 9.53 Å². The van der Waals surface area contributed by atoms with Crippen LogP contribution in [0.4, 0.5) is 0 Å². The van der Waals surface area contributed by atoms with Crippen LogP contribution in [0.5, 0.6) is 5.75 Å². The lowest BCUT2D eigenvalue weighted by Crippen LogP contribution is -2.33. The molecule has 0 fully saturated rings. The van der Waals surface area contributed by atoms with Crippen LogP contribution in [-0.2, 0) is 4.79 Å². The molecule has 0 N–H and O–H groups in total. The van der Waals surface area contributed by atoms with Crippen LogP contribution in [-0.4, -0.2) is 5.78 Å². The molecule has 1 aliphatic heterocycles. The van der Waals surface area contributed by atoms with Crippen molar-refractivity contribution in [1.29, 1.82) is 0 Å². The van der Waals surface area contributed by atoms with Gasteiger partial charge in [0, 0.05) is 29.9 Å². The van der Waals surface area contributed by atoms with Crippen molar-refractivity contribution in [2.24, 2.45) is 5.41 Å². The summed E-state index contributed by atoms with van der Waals surface area (Å²) in [6.45, 7) is 6.43.